The van der Waals surface area contributed by atoms with Crippen molar-refractivity contribution in [1.82, 2.24) is 4.13 Å². The second-order valence-corrected chi connectivity index (χ2v) is 7.06. The van der Waals surface area contributed by atoms with Crippen LogP contribution in [0.4, 0.5) is 26.3 Å². The van der Waals surface area contributed by atoms with Gasteiger partial charge in [-0.15, -0.1) is 4.13 Å². The Morgan fingerprint density at radius 2 is 1.35 bits per heavy atom. The van der Waals surface area contributed by atoms with Gasteiger partial charge in [-0.1, -0.05) is 0 Å². The number of carbonyl (C=O) groups is 1. The fourth-order valence-corrected chi connectivity index (χ4v) is 3.22. The predicted molar refractivity (Wildman–Crippen MR) is 49.4 cm³/mol. The average molecular weight is 353 g/mol. The fraction of sp³-hybridized carbons (Fsp3) is 0.800. The number of carboxylic acid groups (broad SMARTS) is 1. The zero-order chi connectivity index (χ0) is 16.8. The Labute approximate surface area is 107 Å². The molecule has 0 atom stereocenters. The molecule has 0 unspecified atom stereocenters. The minimum Gasteiger partial charge on any atom is -0.477 e. The van der Waals surface area contributed by atoms with Gasteiger partial charge in [0.1, 0.15) is 0 Å². The van der Waals surface area contributed by atoms with E-state index in [9.17, 15) is 48.0 Å². The minimum absolute atomic E-state index is 0.0336. The molecule has 0 aliphatic heterocycles. The Balaban J connectivity index is 6.06. The Bertz CT molecular complexity index is 610. The van der Waals surface area contributed by atoms with E-state index in [1.165, 1.54) is 0 Å². The zero-order valence-electron chi connectivity index (χ0n) is 9.07. The molecular formula is C5H5F6NO6S2. The quantitative estimate of drug-likeness (QED) is 0.640. The van der Waals surface area contributed by atoms with Crippen molar-refractivity contribution in [3.05, 3.63) is 0 Å². The summed E-state index contributed by atoms with van der Waals surface area (Å²) in [6.07, 6.45) is -0.0336. The molecule has 0 heterocycles. The first kappa shape index (κ1) is 18.9. The van der Waals surface area contributed by atoms with Crippen molar-refractivity contribution in [1.29, 1.82) is 0 Å². The van der Waals surface area contributed by atoms with Gasteiger partial charge >= 0.3 is 23.1 Å². The van der Waals surface area contributed by atoms with Crippen molar-refractivity contribution in [2.75, 3.05) is 6.26 Å². The molecule has 0 bridgehead atoms. The lowest BCUT2D eigenvalue weighted by Gasteiger charge is -2.29. The second-order valence-electron chi connectivity index (χ2n) is 3.33. The monoisotopic (exact) mass is 353 g/mol. The van der Waals surface area contributed by atoms with Gasteiger partial charge in [0, 0.05) is 0 Å². The molecule has 0 aliphatic carbocycles. The Hall–Kier alpha value is -1.09. The summed E-state index contributed by atoms with van der Waals surface area (Å²) in [7, 11) is -11.9. The van der Waals surface area contributed by atoms with Gasteiger partial charge in [0.05, 0.1) is 6.26 Å². The third kappa shape index (κ3) is 2.98. The highest BCUT2D eigenvalue weighted by Crippen LogP contribution is 2.48. The molecule has 7 nitrogen and oxygen atoms in total. The molecule has 0 aromatic carbocycles. The minimum atomic E-state index is -6.91. The second kappa shape index (κ2) is 4.73. The number of hydrogen-bond donors (Lipinski definition) is 2. The van der Waals surface area contributed by atoms with Crippen LogP contribution in [-0.4, -0.2) is 51.3 Å². The van der Waals surface area contributed by atoms with Gasteiger partial charge in [-0.25, -0.2) is 21.6 Å². The Morgan fingerprint density at radius 3 is 1.60 bits per heavy atom. The van der Waals surface area contributed by atoms with Crippen LogP contribution in [0.25, 0.3) is 0 Å². The molecule has 0 radical (unpaired) electrons. The molecule has 0 aromatic heterocycles. The smallest absolute Gasteiger partial charge is 0.428 e. The lowest BCUT2D eigenvalue weighted by Crippen LogP contribution is -2.63. The number of alkyl halides is 6. The highest BCUT2D eigenvalue weighted by molar-refractivity contribution is 8.04. The van der Waals surface area contributed by atoms with Crippen LogP contribution < -0.4 is 4.13 Å². The number of halogens is 6. The van der Waals surface area contributed by atoms with Crippen LogP contribution in [0.1, 0.15) is 0 Å². The molecule has 0 aliphatic rings. The maximum Gasteiger partial charge on any atom is 0.428 e. The molecule has 0 fully saturated rings. The van der Waals surface area contributed by atoms with E-state index in [0.717, 1.165) is 0 Å². The molecule has 0 saturated heterocycles. The van der Waals surface area contributed by atoms with Gasteiger partial charge in [0.2, 0.25) is 10.0 Å². The van der Waals surface area contributed by atoms with Gasteiger partial charge < -0.3 is 5.11 Å². The van der Waals surface area contributed by atoms with Crippen LogP contribution in [0.3, 0.4) is 0 Å². The topological polar surface area (TPSA) is 118 Å². The summed E-state index contributed by atoms with van der Waals surface area (Å²) in [5, 5.41) is 1.02. The molecular weight excluding hydrogens is 348 g/mol. The van der Waals surface area contributed by atoms with Gasteiger partial charge in [-0.3, -0.25) is 0 Å². The number of aliphatic carboxylic acids is 1. The van der Waals surface area contributed by atoms with E-state index in [1.54, 1.807) is 0 Å². The number of rotatable bonds is 6. The van der Waals surface area contributed by atoms with Gasteiger partial charge in [0.25, 0.3) is 10.0 Å². The van der Waals surface area contributed by atoms with E-state index < -0.39 is 43.1 Å². The predicted octanol–water partition coefficient (Wildman–Crippen LogP) is -0.187. The molecule has 120 valence electrons. The van der Waals surface area contributed by atoms with Crippen LogP contribution in [0.2, 0.25) is 0 Å². The average Bonchev–Trinajstić information content (AvgIpc) is 2.12. The largest absolute Gasteiger partial charge is 0.477 e. The highest BCUT2D eigenvalue weighted by Gasteiger charge is 2.80. The summed E-state index contributed by atoms with van der Waals surface area (Å²) >= 11 is 0. The van der Waals surface area contributed by atoms with Crippen molar-refractivity contribution < 1.29 is 53.1 Å². The third-order valence-electron chi connectivity index (χ3n) is 1.63. The molecule has 20 heavy (non-hydrogen) atoms. The van der Waals surface area contributed by atoms with Crippen LogP contribution in [0.5, 0.6) is 0 Å². The first-order valence-corrected chi connectivity index (χ1v) is 7.37. The molecule has 0 saturated carbocycles. The van der Waals surface area contributed by atoms with Crippen LogP contribution in [-0.2, 0) is 24.8 Å². The van der Waals surface area contributed by atoms with Gasteiger partial charge in [-0.05, 0) is 0 Å². The molecule has 0 rings (SSSR count). The highest BCUT2D eigenvalue weighted by atomic mass is 32.3. The molecule has 2 N–H and O–H groups in total. The van der Waals surface area contributed by atoms with Crippen molar-refractivity contribution in [2.24, 2.45) is 0 Å². The number of nitrogens with one attached hydrogen (secondary N) is 1. The third-order valence-corrected chi connectivity index (χ3v) is 4.65. The van der Waals surface area contributed by atoms with Crippen molar-refractivity contribution in [3.63, 3.8) is 0 Å². The lowest BCUT2D eigenvalue weighted by atomic mass is 10.2. The van der Waals surface area contributed by atoms with Crippen LogP contribution >= 0.6 is 0 Å². The summed E-state index contributed by atoms with van der Waals surface area (Å²) in [5.74, 6) is -17.1. The first-order chi connectivity index (χ1) is 8.40. The standard InChI is InChI=1S/C5H5F6NO6S2/c1-19(15,16)12-20(17,18)5(10,11)4(8,9)3(6,7)2(13)14/h12H,1H3,(H,13,14). The molecule has 0 amide bonds. The zero-order valence-corrected chi connectivity index (χ0v) is 10.7. The van der Waals surface area contributed by atoms with Crippen molar-refractivity contribution in [3.8, 4) is 0 Å². The lowest BCUT2D eigenvalue weighted by molar-refractivity contribution is -0.276. The molecule has 0 aromatic rings. The van der Waals surface area contributed by atoms with Crippen LogP contribution in [0, 0.1) is 0 Å². The number of carboxylic acids is 1. The Kier molecular flexibility index (Phi) is 4.47. The van der Waals surface area contributed by atoms with E-state index in [-0.39, 0.29) is 10.4 Å². The summed E-state index contributed by atoms with van der Waals surface area (Å²) < 4.78 is 119. The van der Waals surface area contributed by atoms with Crippen molar-refractivity contribution in [2.45, 2.75) is 17.1 Å². The number of sulfonamides is 2. The van der Waals surface area contributed by atoms with Gasteiger partial charge in [-0.2, -0.15) is 26.3 Å². The maximum absolute atomic E-state index is 13.0. The Morgan fingerprint density at radius 1 is 1.00 bits per heavy atom. The summed E-state index contributed by atoms with van der Waals surface area (Å²) in [5.41, 5.74) is 0. The van der Waals surface area contributed by atoms with Crippen molar-refractivity contribution >= 4 is 26.0 Å². The first-order valence-electron chi connectivity index (χ1n) is 4.00. The normalized spacial score (nSPS) is 15.2. The van der Waals surface area contributed by atoms with E-state index in [2.05, 4.69) is 0 Å². The molecule has 0 spiro atoms. The van der Waals surface area contributed by atoms with E-state index in [0.29, 0.717) is 0 Å². The van der Waals surface area contributed by atoms with E-state index >= 15 is 0 Å². The fourth-order valence-electron chi connectivity index (χ4n) is 0.737. The number of hydrogen-bond acceptors (Lipinski definition) is 5. The van der Waals surface area contributed by atoms with Crippen LogP contribution in [0.15, 0.2) is 0 Å². The van der Waals surface area contributed by atoms with E-state index in [4.69, 9.17) is 5.11 Å². The van der Waals surface area contributed by atoms with Gasteiger partial charge in [0.15, 0.2) is 0 Å². The van der Waals surface area contributed by atoms with E-state index in [1.807, 2.05) is 0 Å². The maximum atomic E-state index is 13.0. The SMILES string of the molecule is CS(=O)(=O)NS(=O)(=O)C(F)(F)C(F)(F)C(F)(F)C(=O)O. The summed E-state index contributed by atoms with van der Waals surface area (Å²) in [6.45, 7) is 0. The molecule has 15 heteroatoms. The summed E-state index contributed by atoms with van der Waals surface area (Å²) in [4.78, 5) is 9.83. The summed E-state index contributed by atoms with van der Waals surface area (Å²) in [6, 6.07) is 0.